The summed E-state index contributed by atoms with van der Waals surface area (Å²) in [5.74, 6) is 1.63. The Balaban J connectivity index is 1.70. The van der Waals surface area contributed by atoms with Crippen molar-refractivity contribution in [1.29, 1.82) is 0 Å². The van der Waals surface area contributed by atoms with Crippen molar-refractivity contribution in [3.05, 3.63) is 0 Å². The van der Waals surface area contributed by atoms with Crippen LogP contribution in [0.15, 0.2) is 8.68 Å². The van der Waals surface area contributed by atoms with Gasteiger partial charge in [-0.3, -0.25) is 4.79 Å². The van der Waals surface area contributed by atoms with Crippen molar-refractivity contribution in [2.24, 2.45) is 0 Å². The Labute approximate surface area is 113 Å². The Morgan fingerprint density at radius 1 is 1.41 bits per heavy atom. The van der Waals surface area contributed by atoms with Crippen LogP contribution in [0.25, 0.3) is 0 Å². The molecule has 0 saturated heterocycles. The second-order valence-corrected chi connectivity index (χ2v) is 7.35. The third-order valence-electron chi connectivity index (χ3n) is 2.09. The number of amides is 1. The summed E-state index contributed by atoms with van der Waals surface area (Å²) >= 11 is 4.77. The number of carbonyl (C=O) groups is 1. The molecule has 0 spiro atoms. The van der Waals surface area contributed by atoms with E-state index in [9.17, 15) is 4.79 Å². The molecule has 1 fully saturated rings. The summed E-state index contributed by atoms with van der Waals surface area (Å²) in [5.41, 5.74) is 0. The molecule has 1 saturated carbocycles. The van der Waals surface area contributed by atoms with Gasteiger partial charge in [0.05, 0.1) is 5.75 Å². The molecule has 0 unspecified atom stereocenters. The minimum absolute atomic E-state index is 0.107. The first-order chi connectivity index (χ1) is 8.28. The molecular formula is C10H15N3OS3. The molecule has 1 amide bonds. The van der Waals surface area contributed by atoms with Crippen LogP contribution < -0.4 is 5.32 Å². The highest BCUT2D eigenvalue weighted by atomic mass is 32.2. The van der Waals surface area contributed by atoms with Crippen LogP contribution in [0.5, 0.6) is 0 Å². The maximum absolute atomic E-state index is 11.5. The number of nitrogens with one attached hydrogen (secondary N) is 1. The third-order valence-corrected chi connectivity index (χ3v) is 5.48. The summed E-state index contributed by atoms with van der Waals surface area (Å²) in [6.45, 7) is 2.14. The summed E-state index contributed by atoms with van der Waals surface area (Å²) in [7, 11) is 0. The molecule has 0 aliphatic heterocycles. The molecular weight excluding hydrogens is 274 g/mol. The van der Waals surface area contributed by atoms with E-state index in [4.69, 9.17) is 0 Å². The normalized spacial score (nSPS) is 14.9. The topological polar surface area (TPSA) is 54.9 Å². The van der Waals surface area contributed by atoms with E-state index in [-0.39, 0.29) is 5.91 Å². The fourth-order valence-corrected chi connectivity index (χ4v) is 3.88. The molecule has 17 heavy (non-hydrogen) atoms. The molecule has 4 nitrogen and oxygen atoms in total. The Morgan fingerprint density at radius 2 is 2.12 bits per heavy atom. The standard InChI is InChI=1S/C10H15N3OS3/c1-2-5-15-9-12-13-10(17-9)16-6-8(14)11-7-3-4-7/h7H,2-6H2,1H3,(H,11,14). The van der Waals surface area contributed by atoms with E-state index in [2.05, 4.69) is 22.4 Å². The van der Waals surface area contributed by atoms with Crippen molar-refractivity contribution in [3.8, 4) is 0 Å². The highest BCUT2D eigenvalue weighted by Crippen LogP contribution is 2.29. The molecule has 1 aromatic rings. The van der Waals surface area contributed by atoms with E-state index in [1.165, 1.54) is 11.8 Å². The smallest absolute Gasteiger partial charge is 0.230 e. The average molecular weight is 289 g/mol. The summed E-state index contributed by atoms with van der Waals surface area (Å²) in [5, 5.41) is 11.1. The van der Waals surface area contributed by atoms with Crippen LogP contribution >= 0.6 is 34.9 Å². The number of aromatic nitrogens is 2. The summed E-state index contributed by atoms with van der Waals surface area (Å²) in [4.78, 5) is 11.5. The Kier molecular flexibility index (Phi) is 5.12. The quantitative estimate of drug-likeness (QED) is 0.781. The molecule has 0 radical (unpaired) electrons. The van der Waals surface area contributed by atoms with Crippen LogP contribution in [0, 0.1) is 0 Å². The van der Waals surface area contributed by atoms with Gasteiger partial charge in [0.15, 0.2) is 8.68 Å². The zero-order chi connectivity index (χ0) is 12.1. The van der Waals surface area contributed by atoms with Crippen molar-refractivity contribution >= 4 is 40.8 Å². The van der Waals surface area contributed by atoms with Gasteiger partial charge in [-0.2, -0.15) is 0 Å². The second-order valence-electron chi connectivity index (χ2n) is 3.81. The van der Waals surface area contributed by atoms with E-state index in [1.54, 1.807) is 23.1 Å². The van der Waals surface area contributed by atoms with Gasteiger partial charge in [0, 0.05) is 11.8 Å². The van der Waals surface area contributed by atoms with Crippen molar-refractivity contribution in [1.82, 2.24) is 15.5 Å². The zero-order valence-electron chi connectivity index (χ0n) is 9.64. The number of carbonyl (C=O) groups excluding carboxylic acids is 1. The molecule has 1 aliphatic carbocycles. The zero-order valence-corrected chi connectivity index (χ0v) is 12.1. The minimum atomic E-state index is 0.107. The van der Waals surface area contributed by atoms with Gasteiger partial charge < -0.3 is 5.32 Å². The fourth-order valence-electron chi connectivity index (χ4n) is 1.13. The molecule has 1 aliphatic rings. The Morgan fingerprint density at radius 3 is 2.76 bits per heavy atom. The first-order valence-electron chi connectivity index (χ1n) is 5.66. The van der Waals surface area contributed by atoms with Crippen LogP contribution in [-0.4, -0.2) is 33.7 Å². The number of hydrogen-bond donors (Lipinski definition) is 1. The van der Waals surface area contributed by atoms with Crippen LogP contribution in [0.2, 0.25) is 0 Å². The van der Waals surface area contributed by atoms with E-state index >= 15 is 0 Å². The lowest BCUT2D eigenvalue weighted by molar-refractivity contribution is -0.118. The summed E-state index contributed by atoms with van der Waals surface area (Å²) in [6.07, 6.45) is 3.40. The summed E-state index contributed by atoms with van der Waals surface area (Å²) in [6, 6.07) is 0.438. The van der Waals surface area contributed by atoms with Crippen molar-refractivity contribution in [2.45, 2.75) is 40.9 Å². The Bertz CT molecular complexity index is 379. The lowest BCUT2D eigenvalue weighted by Crippen LogP contribution is -2.26. The largest absolute Gasteiger partial charge is 0.353 e. The van der Waals surface area contributed by atoms with Crippen LogP contribution in [-0.2, 0) is 4.79 Å². The first kappa shape index (κ1) is 13.2. The molecule has 0 bridgehead atoms. The Hall–Kier alpha value is -0.270. The van der Waals surface area contributed by atoms with E-state index in [0.29, 0.717) is 11.8 Å². The van der Waals surface area contributed by atoms with Gasteiger partial charge in [-0.05, 0) is 19.3 Å². The molecule has 2 rings (SSSR count). The molecule has 0 aromatic carbocycles. The van der Waals surface area contributed by atoms with Gasteiger partial charge in [0.1, 0.15) is 0 Å². The SMILES string of the molecule is CCCSc1nnc(SCC(=O)NC2CC2)s1. The van der Waals surface area contributed by atoms with Gasteiger partial charge >= 0.3 is 0 Å². The van der Waals surface area contributed by atoms with E-state index < -0.39 is 0 Å². The van der Waals surface area contributed by atoms with Gasteiger partial charge in [-0.1, -0.05) is 41.8 Å². The lowest BCUT2D eigenvalue weighted by atomic mass is 10.6. The minimum Gasteiger partial charge on any atom is -0.353 e. The molecule has 7 heteroatoms. The lowest BCUT2D eigenvalue weighted by Gasteiger charge is -1.99. The maximum atomic E-state index is 11.5. The van der Waals surface area contributed by atoms with Gasteiger partial charge in [0.25, 0.3) is 0 Å². The van der Waals surface area contributed by atoms with Crippen molar-refractivity contribution in [2.75, 3.05) is 11.5 Å². The number of nitrogens with zero attached hydrogens (tertiary/aromatic N) is 2. The molecule has 94 valence electrons. The van der Waals surface area contributed by atoms with Crippen molar-refractivity contribution in [3.63, 3.8) is 0 Å². The highest BCUT2D eigenvalue weighted by molar-refractivity contribution is 8.03. The molecule has 1 N–H and O–H groups in total. The predicted molar refractivity (Wildman–Crippen MR) is 72.8 cm³/mol. The second kappa shape index (κ2) is 6.61. The number of thioether (sulfide) groups is 2. The molecule has 1 aromatic heterocycles. The van der Waals surface area contributed by atoms with Crippen LogP contribution in [0.3, 0.4) is 0 Å². The average Bonchev–Trinajstić information content (AvgIpc) is 3.01. The van der Waals surface area contributed by atoms with Crippen LogP contribution in [0.4, 0.5) is 0 Å². The summed E-state index contributed by atoms with van der Waals surface area (Å²) < 4.78 is 1.88. The third kappa shape index (κ3) is 4.85. The number of rotatable bonds is 7. The van der Waals surface area contributed by atoms with Gasteiger partial charge in [0.2, 0.25) is 5.91 Å². The van der Waals surface area contributed by atoms with Crippen LogP contribution in [0.1, 0.15) is 26.2 Å². The molecule has 1 heterocycles. The van der Waals surface area contributed by atoms with E-state index in [0.717, 1.165) is 33.7 Å². The highest BCUT2D eigenvalue weighted by Gasteiger charge is 2.23. The predicted octanol–water partition coefficient (Wildman–Crippen LogP) is 2.41. The van der Waals surface area contributed by atoms with E-state index in [1.807, 2.05) is 0 Å². The van der Waals surface area contributed by atoms with Gasteiger partial charge in [-0.15, -0.1) is 10.2 Å². The molecule has 0 atom stereocenters. The van der Waals surface area contributed by atoms with Gasteiger partial charge in [-0.25, -0.2) is 0 Å². The van der Waals surface area contributed by atoms with Crippen molar-refractivity contribution < 1.29 is 4.79 Å². The fraction of sp³-hybridized carbons (Fsp3) is 0.700. The number of hydrogen-bond acceptors (Lipinski definition) is 6. The maximum Gasteiger partial charge on any atom is 0.230 e. The first-order valence-corrected chi connectivity index (χ1v) is 8.45. The monoisotopic (exact) mass is 289 g/mol.